The highest BCUT2D eigenvalue weighted by molar-refractivity contribution is 6.18. The van der Waals surface area contributed by atoms with E-state index in [1.807, 2.05) is 13.8 Å². The number of nitrogens with zero attached hydrogens (tertiary/aromatic N) is 3. The van der Waals surface area contributed by atoms with Gasteiger partial charge in [-0.15, -0.1) is 0 Å². The van der Waals surface area contributed by atoms with Crippen LogP contribution >= 0.6 is 0 Å². The van der Waals surface area contributed by atoms with Crippen LogP contribution in [0, 0.1) is 19.3 Å². The van der Waals surface area contributed by atoms with Crippen LogP contribution in [0.2, 0.25) is 0 Å². The first-order valence-electron chi connectivity index (χ1n) is 6.32. The lowest BCUT2D eigenvalue weighted by Crippen LogP contribution is -2.61. The van der Waals surface area contributed by atoms with E-state index in [2.05, 4.69) is 10.4 Å². The number of carbonyl (C=O) groups excluding carboxylic acids is 3. The maximum absolute atomic E-state index is 12.3. The summed E-state index contributed by atoms with van der Waals surface area (Å²) in [6, 6.07) is -0.679. The molecule has 0 saturated carbocycles. The second kappa shape index (κ2) is 4.43. The molecule has 0 bridgehead atoms. The Bertz CT molecular complexity index is 615. The third-order valence-corrected chi connectivity index (χ3v) is 3.79. The number of hydrogen-bond acceptors (Lipinski definition) is 4. The van der Waals surface area contributed by atoms with Gasteiger partial charge in [-0.25, -0.2) is 4.79 Å². The number of hydrogen-bond donors (Lipinski definition) is 1. The van der Waals surface area contributed by atoms with Crippen LogP contribution in [0.5, 0.6) is 0 Å². The van der Waals surface area contributed by atoms with Gasteiger partial charge in [0.25, 0.3) is 0 Å². The van der Waals surface area contributed by atoms with Crippen LogP contribution < -0.4 is 5.32 Å². The lowest BCUT2D eigenvalue weighted by atomic mass is 9.88. The fourth-order valence-electron chi connectivity index (χ4n) is 2.20. The SMILES string of the molecule is Cc1nn(C)c(C)c1CN1C(=O)NC(=O)C(C)(C)C1=O. The maximum atomic E-state index is 12.3. The van der Waals surface area contributed by atoms with Crippen molar-refractivity contribution in [2.45, 2.75) is 34.2 Å². The van der Waals surface area contributed by atoms with E-state index in [1.165, 1.54) is 13.8 Å². The van der Waals surface area contributed by atoms with Crippen molar-refractivity contribution in [3.05, 3.63) is 17.0 Å². The van der Waals surface area contributed by atoms with Gasteiger partial charge in [0.1, 0.15) is 5.41 Å². The zero-order chi connectivity index (χ0) is 15.2. The average molecular weight is 278 g/mol. The number of rotatable bonds is 2. The van der Waals surface area contributed by atoms with Crippen LogP contribution in [0.3, 0.4) is 0 Å². The normalized spacial score (nSPS) is 18.4. The number of nitrogens with one attached hydrogen (secondary N) is 1. The monoisotopic (exact) mass is 278 g/mol. The van der Waals surface area contributed by atoms with E-state index in [-0.39, 0.29) is 6.54 Å². The molecule has 0 radical (unpaired) electrons. The number of imide groups is 2. The topological polar surface area (TPSA) is 84.3 Å². The van der Waals surface area contributed by atoms with Crippen molar-refractivity contribution in [2.24, 2.45) is 12.5 Å². The van der Waals surface area contributed by atoms with Crippen molar-refractivity contribution < 1.29 is 14.4 Å². The van der Waals surface area contributed by atoms with E-state index >= 15 is 0 Å². The smallest absolute Gasteiger partial charge is 0.277 e. The van der Waals surface area contributed by atoms with Crippen LogP contribution in [-0.4, -0.2) is 32.5 Å². The van der Waals surface area contributed by atoms with Crippen LogP contribution in [0.1, 0.15) is 30.8 Å². The molecule has 1 saturated heterocycles. The van der Waals surface area contributed by atoms with Gasteiger partial charge in [0.2, 0.25) is 11.8 Å². The molecule has 0 atom stereocenters. The molecule has 1 aliphatic heterocycles. The van der Waals surface area contributed by atoms with E-state index < -0.39 is 23.3 Å². The second-order valence-corrected chi connectivity index (χ2v) is 5.55. The van der Waals surface area contributed by atoms with Crippen LogP contribution in [-0.2, 0) is 23.2 Å². The molecular formula is C13H18N4O3. The molecule has 1 fully saturated rings. The van der Waals surface area contributed by atoms with Gasteiger partial charge in [-0.2, -0.15) is 5.10 Å². The Balaban J connectivity index is 2.35. The highest BCUT2D eigenvalue weighted by Gasteiger charge is 2.47. The van der Waals surface area contributed by atoms with Gasteiger partial charge >= 0.3 is 6.03 Å². The molecule has 1 aromatic rings. The van der Waals surface area contributed by atoms with Crippen molar-refractivity contribution in [1.82, 2.24) is 20.0 Å². The van der Waals surface area contributed by atoms with E-state index in [9.17, 15) is 14.4 Å². The van der Waals surface area contributed by atoms with Crippen molar-refractivity contribution in [1.29, 1.82) is 0 Å². The van der Waals surface area contributed by atoms with Crippen molar-refractivity contribution in [3.8, 4) is 0 Å². The van der Waals surface area contributed by atoms with E-state index in [4.69, 9.17) is 0 Å². The first-order chi connectivity index (χ1) is 9.16. The first-order valence-corrected chi connectivity index (χ1v) is 6.32. The van der Waals surface area contributed by atoms with Gasteiger partial charge in [0.05, 0.1) is 12.2 Å². The van der Waals surface area contributed by atoms with E-state index in [1.54, 1.807) is 11.7 Å². The molecule has 1 aliphatic rings. The van der Waals surface area contributed by atoms with E-state index in [0.717, 1.165) is 21.9 Å². The zero-order valence-electron chi connectivity index (χ0n) is 12.3. The highest BCUT2D eigenvalue weighted by atomic mass is 16.2. The highest BCUT2D eigenvalue weighted by Crippen LogP contribution is 2.26. The zero-order valence-corrected chi connectivity index (χ0v) is 12.3. The molecule has 2 rings (SSSR count). The predicted octanol–water partition coefficient (Wildman–Crippen LogP) is 0.642. The molecule has 7 heteroatoms. The molecular weight excluding hydrogens is 260 g/mol. The average Bonchev–Trinajstić information content (AvgIpc) is 2.58. The standard InChI is InChI=1S/C13H18N4O3/c1-7-9(8(2)16(5)15-7)6-17-11(19)13(3,4)10(18)14-12(17)20/h6H2,1-5H3,(H,14,18,20). The summed E-state index contributed by atoms with van der Waals surface area (Å²) in [6.07, 6.45) is 0. The van der Waals surface area contributed by atoms with Crippen molar-refractivity contribution in [2.75, 3.05) is 0 Å². The Labute approximate surface area is 116 Å². The number of carbonyl (C=O) groups is 3. The second-order valence-electron chi connectivity index (χ2n) is 5.55. The predicted molar refractivity (Wildman–Crippen MR) is 70.6 cm³/mol. The summed E-state index contributed by atoms with van der Waals surface area (Å²) >= 11 is 0. The largest absolute Gasteiger partial charge is 0.331 e. The molecule has 1 aromatic heterocycles. The van der Waals surface area contributed by atoms with Gasteiger partial charge in [0.15, 0.2) is 0 Å². The molecule has 0 spiro atoms. The molecule has 0 unspecified atom stereocenters. The summed E-state index contributed by atoms with van der Waals surface area (Å²) in [5, 5.41) is 6.47. The lowest BCUT2D eigenvalue weighted by Gasteiger charge is -2.34. The number of barbiturate groups is 1. The molecule has 1 N–H and O–H groups in total. The molecule has 7 nitrogen and oxygen atoms in total. The Kier molecular flexibility index (Phi) is 3.15. The minimum Gasteiger partial charge on any atom is -0.277 e. The van der Waals surface area contributed by atoms with Crippen LogP contribution in [0.15, 0.2) is 0 Å². The maximum Gasteiger partial charge on any atom is 0.331 e. The Morgan fingerprint density at radius 1 is 1.20 bits per heavy atom. The molecule has 0 aromatic carbocycles. The lowest BCUT2D eigenvalue weighted by molar-refractivity contribution is -0.149. The van der Waals surface area contributed by atoms with E-state index in [0.29, 0.717) is 0 Å². The Morgan fingerprint density at radius 3 is 2.30 bits per heavy atom. The van der Waals surface area contributed by atoms with Gasteiger partial charge in [-0.05, 0) is 27.7 Å². The summed E-state index contributed by atoms with van der Waals surface area (Å²) in [4.78, 5) is 36.9. The third-order valence-electron chi connectivity index (χ3n) is 3.79. The van der Waals surface area contributed by atoms with Crippen LogP contribution in [0.25, 0.3) is 0 Å². The summed E-state index contributed by atoms with van der Waals surface area (Å²) in [5.74, 6) is -1.06. The van der Waals surface area contributed by atoms with Gasteiger partial charge in [0, 0.05) is 18.3 Å². The first kappa shape index (κ1) is 14.2. The minimum absolute atomic E-state index is 0.118. The quantitative estimate of drug-likeness (QED) is 0.805. The third kappa shape index (κ3) is 1.99. The van der Waals surface area contributed by atoms with Crippen molar-refractivity contribution >= 4 is 17.8 Å². The summed E-state index contributed by atoms with van der Waals surface area (Å²) < 4.78 is 1.70. The molecule has 20 heavy (non-hydrogen) atoms. The summed E-state index contributed by atoms with van der Waals surface area (Å²) in [6.45, 7) is 6.83. The van der Waals surface area contributed by atoms with Gasteiger partial charge in [-0.3, -0.25) is 24.5 Å². The summed E-state index contributed by atoms with van der Waals surface area (Å²) in [7, 11) is 1.80. The number of aromatic nitrogens is 2. The Morgan fingerprint density at radius 2 is 1.80 bits per heavy atom. The van der Waals surface area contributed by atoms with Crippen LogP contribution in [0.4, 0.5) is 4.79 Å². The fourth-order valence-corrected chi connectivity index (χ4v) is 2.20. The minimum atomic E-state index is -1.24. The fraction of sp³-hybridized carbons (Fsp3) is 0.538. The van der Waals surface area contributed by atoms with Gasteiger partial charge in [-0.1, -0.05) is 0 Å². The number of aryl methyl sites for hydroxylation is 2. The molecule has 108 valence electrons. The Hall–Kier alpha value is -2.18. The number of amides is 4. The molecule has 2 heterocycles. The van der Waals surface area contributed by atoms with Gasteiger partial charge < -0.3 is 0 Å². The van der Waals surface area contributed by atoms with Crippen molar-refractivity contribution in [3.63, 3.8) is 0 Å². The molecule has 0 aliphatic carbocycles. The number of urea groups is 1. The molecule has 4 amide bonds. The summed E-state index contributed by atoms with van der Waals surface area (Å²) in [5.41, 5.74) is 1.23.